The van der Waals surface area contributed by atoms with Gasteiger partial charge < -0.3 is 15.5 Å². The Morgan fingerprint density at radius 2 is 1.92 bits per heavy atom. The van der Waals surface area contributed by atoms with Crippen molar-refractivity contribution < 1.29 is 4.79 Å². The van der Waals surface area contributed by atoms with Gasteiger partial charge in [0.25, 0.3) is 5.91 Å². The molecule has 1 aromatic heterocycles. The van der Waals surface area contributed by atoms with Crippen LogP contribution in [-0.4, -0.2) is 48.0 Å². The van der Waals surface area contributed by atoms with Crippen molar-refractivity contribution >= 4 is 17.4 Å². The molecule has 0 saturated heterocycles. The Bertz CT molecular complexity index is 727. The standard InChI is InChI=1S/C18H25N5O/c1-12-7-6-8-15(13(12)2)22-17-11-16(20-14(3)21-17)18(24)19-9-10-23(4)5/h6-8,11H,9-10H2,1-5H3,(H,19,24)(H,20,21,22). The molecule has 128 valence electrons. The molecule has 6 heteroatoms. The van der Waals surface area contributed by atoms with Crippen molar-refractivity contribution in [1.29, 1.82) is 0 Å². The summed E-state index contributed by atoms with van der Waals surface area (Å²) in [6.07, 6.45) is 0. The number of aryl methyl sites for hydroxylation is 2. The summed E-state index contributed by atoms with van der Waals surface area (Å²) in [4.78, 5) is 22.9. The summed E-state index contributed by atoms with van der Waals surface area (Å²) in [6, 6.07) is 7.74. The zero-order chi connectivity index (χ0) is 17.7. The molecule has 2 N–H and O–H groups in total. The molecule has 1 amide bonds. The van der Waals surface area contributed by atoms with Crippen molar-refractivity contribution in [2.75, 3.05) is 32.5 Å². The number of nitrogens with zero attached hydrogens (tertiary/aromatic N) is 3. The molecule has 0 bridgehead atoms. The van der Waals surface area contributed by atoms with E-state index in [1.54, 1.807) is 13.0 Å². The first-order valence-corrected chi connectivity index (χ1v) is 7.98. The van der Waals surface area contributed by atoms with Gasteiger partial charge in [0.2, 0.25) is 0 Å². The molecular formula is C18H25N5O. The van der Waals surface area contributed by atoms with Gasteiger partial charge >= 0.3 is 0 Å². The maximum absolute atomic E-state index is 12.3. The van der Waals surface area contributed by atoms with E-state index in [1.807, 2.05) is 31.1 Å². The number of hydrogen-bond donors (Lipinski definition) is 2. The molecule has 1 heterocycles. The van der Waals surface area contributed by atoms with Crippen molar-refractivity contribution in [3.05, 3.63) is 46.9 Å². The van der Waals surface area contributed by atoms with Crippen molar-refractivity contribution in [1.82, 2.24) is 20.2 Å². The average molecular weight is 327 g/mol. The first-order chi connectivity index (χ1) is 11.4. The molecule has 0 unspecified atom stereocenters. The number of carbonyl (C=O) groups is 1. The highest BCUT2D eigenvalue weighted by molar-refractivity contribution is 5.93. The van der Waals surface area contributed by atoms with E-state index in [1.165, 1.54) is 5.56 Å². The summed E-state index contributed by atoms with van der Waals surface area (Å²) >= 11 is 0. The summed E-state index contributed by atoms with van der Waals surface area (Å²) in [5, 5.41) is 6.15. The Labute approximate surface area is 143 Å². The SMILES string of the molecule is Cc1nc(Nc2cccc(C)c2C)cc(C(=O)NCCN(C)C)n1. The van der Waals surface area contributed by atoms with Crippen molar-refractivity contribution in [3.63, 3.8) is 0 Å². The molecule has 6 nitrogen and oxygen atoms in total. The van der Waals surface area contributed by atoms with Gasteiger partial charge in [0.05, 0.1) is 0 Å². The third kappa shape index (κ3) is 4.76. The van der Waals surface area contributed by atoms with E-state index in [2.05, 4.69) is 40.5 Å². The molecule has 0 aliphatic rings. The van der Waals surface area contributed by atoms with Crippen LogP contribution in [-0.2, 0) is 0 Å². The Hall–Kier alpha value is -2.47. The van der Waals surface area contributed by atoms with Crippen molar-refractivity contribution in [2.45, 2.75) is 20.8 Å². The number of hydrogen-bond acceptors (Lipinski definition) is 5. The predicted molar refractivity (Wildman–Crippen MR) is 96.9 cm³/mol. The summed E-state index contributed by atoms with van der Waals surface area (Å²) in [6.45, 7) is 7.26. The molecule has 1 aromatic carbocycles. The summed E-state index contributed by atoms with van der Waals surface area (Å²) in [5.41, 5.74) is 3.71. The first-order valence-electron chi connectivity index (χ1n) is 7.98. The Balaban J connectivity index is 2.16. The van der Waals surface area contributed by atoms with Crippen LogP contribution in [0.3, 0.4) is 0 Å². The van der Waals surface area contributed by atoms with Crippen LogP contribution < -0.4 is 10.6 Å². The average Bonchev–Trinajstić information content (AvgIpc) is 2.51. The molecule has 0 aliphatic heterocycles. The molecule has 0 fully saturated rings. The van der Waals surface area contributed by atoms with Gasteiger partial charge in [-0.2, -0.15) is 0 Å². The maximum atomic E-state index is 12.3. The lowest BCUT2D eigenvalue weighted by Crippen LogP contribution is -2.32. The van der Waals surface area contributed by atoms with Crippen LogP contribution in [0, 0.1) is 20.8 Å². The largest absolute Gasteiger partial charge is 0.349 e. The number of rotatable bonds is 6. The van der Waals surface area contributed by atoms with E-state index < -0.39 is 0 Å². The van der Waals surface area contributed by atoms with E-state index in [4.69, 9.17) is 0 Å². The molecule has 24 heavy (non-hydrogen) atoms. The van der Waals surface area contributed by atoms with Gasteiger partial charge in [-0.25, -0.2) is 9.97 Å². The smallest absolute Gasteiger partial charge is 0.270 e. The van der Waals surface area contributed by atoms with Crippen molar-refractivity contribution in [2.24, 2.45) is 0 Å². The Morgan fingerprint density at radius 3 is 2.62 bits per heavy atom. The summed E-state index contributed by atoms with van der Waals surface area (Å²) in [7, 11) is 3.93. The van der Waals surface area contributed by atoms with Gasteiger partial charge in [0.1, 0.15) is 17.3 Å². The fraction of sp³-hybridized carbons (Fsp3) is 0.389. The molecule has 0 spiro atoms. The van der Waals surface area contributed by atoms with Crippen LogP contribution in [0.5, 0.6) is 0 Å². The monoisotopic (exact) mass is 327 g/mol. The fourth-order valence-corrected chi connectivity index (χ4v) is 2.26. The third-order valence-electron chi connectivity index (χ3n) is 3.78. The predicted octanol–water partition coefficient (Wildman–Crippen LogP) is 2.44. The number of nitrogens with one attached hydrogen (secondary N) is 2. The number of amides is 1. The van der Waals surface area contributed by atoms with Gasteiger partial charge in [-0.3, -0.25) is 4.79 Å². The Morgan fingerprint density at radius 1 is 1.17 bits per heavy atom. The first kappa shape index (κ1) is 17.9. The van der Waals surface area contributed by atoms with Gasteiger partial charge in [-0.15, -0.1) is 0 Å². The fourth-order valence-electron chi connectivity index (χ4n) is 2.26. The second kappa shape index (κ2) is 7.88. The number of aromatic nitrogens is 2. The highest BCUT2D eigenvalue weighted by Gasteiger charge is 2.11. The minimum Gasteiger partial charge on any atom is -0.349 e. The van der Waals surface area contributed by atoms with Gasteiger partial charge in [0, 0.05) is 24.8 Å². The second-order valence-corrected chi connectivity index (χ2v) is 6.12. The molecule has 0 aliphatic carbocycles. The molecule has 0 saturated carbocycles. The number of carbonyl (C=O) groups excluding carboxylic acids is 1. The quantitative estimate of drug-likeness (QED) is 0.853. The lowest BCUT2D eigenvalue weighted by Gasteiger charge is -2.13. The van der Waals surface area contributed by atoms with E-state index in [9.17, 15) is 4.79 Å². The number of anilines is 2. The van der Waals surface area contributed by atoms with Crippen LogP contribution >= 0.6 is 0 Å². The van der Waals surface area contributed by atoms with Crippen LogP contribution in [0.1, 0.15) is 27.4 Å². The zero-order valence-electron chi connectivity index (χ0n) is 15.0. The second-order valence-electron chi connectivity index (χ2n) is 6.12. The lowest BCUT2D eigenvalue weighted by atomic mass is 10.1. The number of benzene rings is 1. The number of likely N-dealkylation sites (N-methyl/N-ethyl adjacent to an activating group) is 1. The van der Waals surface area contributed by atoms with E-state index >= 15 is 0 Å². The topological polar surface area (TPSA) is 70.2 Å². The highest BCUT2D eigenvalue weighted by atomic mass is 16.1. The Kier molecular flexibility index (Phi) is 5.87. The minimum absolute atomic E-state index is 0.189. The van der Waals surface area contributed by atoms with E-state index in [-0.39, 0.29) is 5.91 Å². The van der Waals surface area contributed by atoms with Gasteiger partial charge in [-0.1, -0.05) is 12.1 Å². The summed E-state index contributed by atoms with van der Waals surface area (Å²) < 4.78 is 0. The highest BCUT2D eigenvalue weighted by Crippen LogP contribution is 2.22. The van der Waals surface area contributed by atoms with Crippen LogP contribution in [0.4, 0.5) is 11.5 Å². The van der Waals surface area contributed by atoms with Gasteiger partial charge in [0.15, 0.2) is 0 Å². The summed E-state index contributed by atoms with van der Waals surface area (Å²) in [5.74, 6) is 0.989. The third-order valence-corrected chi connectivity index (χ3v) is 3.78. The van der Waals surface area contributed by atoms with Gasteiger partial charge in [-0.05, 0) is 52.1 Å². The van der Waals surface area contributed by atoms with E-state index in [0.29, 0.717) is 23.9 Å². The van der Waals surface area contributed by atoms with Crippen LogP contribution in [0.2, 0.25) is 0 Å². The van der Waals surface area contributed by atoms with Crippen molar-refractivity contribution in [3.8, 4) is 0 Å². The van der Waals surface area contributed by atoms with E-state index in [0.717, 1.165) is 17.8 Å². The van der Waals surface area contributed by atoms with Crippen LogP contribution in [0.25, 0.3) is 0 Å². The van der Waals surface area contributed by atoms with Crippen LogP contribution in [0.15, 0.2) is 24.3 Å². The zero-order valence-corrected chi connectivity index (χ0v) is 15.0. The maximum Gasteiger partial charge on any atom is 0.270 e. The minimum atomic E-state index is -0.189. The molecule has 0 atom stereocenters. The molecular weight excluding hydrogens is 302 g/mol. The lowest BCUT2D eigenvalue weighted by molar-refractivity contribution is 0.0945. The molecule has 2 rings (SSSR count). The molecule has 0 radical (unpaired) electrons. The molecule has 2 aromatic rings. The normalized spacial score (nSPS) is 10.8.